The molecule has 5 nitrogen and oxygen atoms in total. The number of carbonyl (C=O) groups is 2. The molecule has 0 spiro atoms. The Hall–Kier alpha value is -3.60. The predicted molar refractivity (Wildman–Crippen MR) is 150 cm³/mol. The molecule has 2 saturated heterocycles. The maximum atomic E-state index is 13.5. The number of fused-ring (bicyclic) bond motifs is 6. The fourth-order valence-corrected chi connectivity index (χ4v) is 7.48. The smallest absolute Gasteiger partial charge is 0.410 e. The molecule has 0 aromatic heterocycles. The molecule has 0 radical (unpaired) electrons. The van der Waals surface area contributed by atoms with E-state index < -0.39 is 0 Å². The van der Waals surface area contributed by atoms with Crippen LogP contribution in [0.5, 0.6) is 5.75 Å². The van der Waals surface area contributed by atoms with E-state index in [1.54, 1.807) is 0 Å². The van der Waals surface area contributed by atoms with Crippen LogP contribution in [0.2, 0.25) is 0 Å². The van der Waals surface area contributed by atoms with Gasteiger partial charge in [0.05, 0.1) is 6.61 Å². The molecule has 3 aromatic rings. The Morgan fingerprint density at radius 1 is 0.897 bits per heavy atom. The van der Waals surface area contributed by atoms with E-state index in [0.717, 1.165) is 57.3 Å². The monoisotopic (exact) mass is 521 g/mol. The fourth-order valence-electron chi connectivity index (χ4n) is 7.48. The Kier molecular flexibility index (Phi) is 6.38. The van der Waals surface area contributed by atoms with Crippen LogP contribution < -0.4 is 4.74 Å². The van der Waals surface area contributed by atoms with Gasteiger partial charge in [0.1, 0.15) is 18.1 Å². The zero-order valence-electron chi connectivity index (χ0n) is 22.3. The Morgan fingerprint density at radius 2 is 1.59 bits per heavy atom. The Balaban J connectivity index is 0.987. The van der Waals surface area contributed by atoms with Crippen molar-refractivity contribution >= 4 is 11.9 Å². The minimum atomic E-state index is -0.210. The molecular formula is C34H35NO4. The first-order valence-electron chi connectivity index (χ1n) is 14.6. The minimum absolute atomic E-state index is 0.0377. The number of ether oxygens (including phenoxy) is 2. The van der Waals surface area contributed by atoms with Crippen molar-refractivity contribution in [3.05, 3.63) is 89.0 Å². The number of piperidine rings is 2. The molecule has 2 unspecified atom stereocenters. The second kappa shape index (κ2) is 10.2. The zero-order valence-corrected chi connectivity index (χ0v) is 22.3. The Labute approximate surface area is 230 Å². The van der Waals surface area contributed by atoms with Crippen molar-refractivity contribution in [2.75, 3.05) is 13.2 Å². The quantitative estimate of drug-likeness (QED) is 0.362. The summed E-state index contributed by atoms with van der Waals surface area (Å²) in [4.78, 5) is 28.8. The SMILES string of the molecule is O=C(CCc1ccc2c(c1)CCO2)C1CC2CCCC(C1)N2C(=O)OCC1c2ccccc2-c2ccccc21. The summed E-state index contributed by atoms with van der Waals surface area (Å²) in [6.07, 6.45) is 6.62. The molecule has 3 aliphatic heterocycles. The van der Waals surface area contributed by atoms with Crippen LogP contribution in [-0.2, 0) is 22.4 Å². The van der Waals surface area contributed by atoms with Gasteiger partial charge in [-0.05, 0) is 78.0 Å². The number of ketones is 1. The number of benzene rings is 3. The van der Waals surface area contributed by atoms with Crippen LogP contribution in [-0.4, -0.2) is 42.1 Å². The molecule has 1 amide bonds. The highest BCUT2D eigenvalue weighted by Gasteiger charge is 2.43. The van der Waals surface area contributed by atoms with Crippen molar-refractivity contribution in [2.45, 2.75) is 69.4 Å². The van der Waals surface area contributed by atoms with Gasteiger partial charge in [-0.1, -0.05) is 60.7 Å². The van der Waals surface area contributed by atoms with Gasteiger partial charge in [0.25, 0.3) is 0 Å². The van der Waals surface area contributed by atoms with Crippen molar-refractivity contribution in [1.29, 1.82) is 0 Å². The topological polar surface area (TPSA) is 55.8 Å². The summed E-state index contributed by atoms with van der Waals surface area (Å²) in [5, 5.41) is 0. The average Bonchev–Trinajstić information content (AvgIpc) is 3.56. The summed E-state index contributed by atoms with van der Waals surface area (Å²) in [7, 11) is 0. The highest BCUT2D eigenvalue weighted by molar-refractivity contribution is 5.82. The lowest BCUT2D eigenvalue weighted by Crippen LogP contribution is -2.55. The van der Waals surface area contributed by atoms with Gasteiger partial charge < -0.3 is 14.4 Å². The summed E-state index contributed by atoms with van der Waals surface area (Å²) >= 11 is 0. The molecule has 3 heterocycles. The van der Waals surface area contributed by atoms with Crippen molar-refractivity contribution in [3.63, 3.8) is 0 Å². The highest BCUT2D eigenvalue weighted by atomic mass is 16.6. The molecule has 4 aliphatic rings. The lowest BCUT2D eigenvalue weighted by molar-refractivity contribution is -0.126. The van der Waals surface area contributed by atoms with E-state index in [1.807, 2.05) is 11.0 Å². The molecule has 5 heteroatoms. The molecule has 2 bridgehead atoms. The third-order valence-corrected chi connectivity index (χ3v) is 9.39. The maximum Gasteiger partial charge on any atom is 0.410 e. The van der Waals surface area contributed by atoms with Crippen LogP contribution >= 0.6 is 0 Å². The maximum absolute atomic E-state index is 13.5. The molecule has 0 N–H and O–H groups in total. The van der Waals surface area contributed by atoms with Gasteiger partial charge in [0.15, 0.2) is 0 Å². The van der Waals surface area contributed by atoms with Crippen molar-refractivity contribution in [3.8, 4) is 16.9 Å². The number of rotatable bonds is 6. The van der Waals surface area contributed by atoms with Crippen LogP contribution in [0.3, 0.4) is 0 Å². The zero-order chi connectivity index (χ0) is 26.3. The number of aryl methyl sites for hydroxylation is 1. The molecule has 1 aliphatic carbocycles. The predicted octanol–water partition coefficient (Wildman–Crippen LogP) is 6.71. The second-order valence-corrected chi connectivity index (χ2v) is 11.6. The standard InChI is InChI=1S/C34H35NO4/c36-32(14-12-22-13-15-33-23(18-22)16-17-38-33)24-19-25-6-5-7-26(20-24)35(25)34(37)39-21-31-29-10-3-1-8-27(29)28-9-2-4-11-30(28)31/h1-4,8-11,13,15,18,24-26,31H,5-7,12,14,16-17,19-21H2. The molecule has 2 atom stereocenters. The van der Waals surface area contributed by atoms with E-state index in [2.05, 4.69) is 60.7 Å². The number of hydrogen-bond donors (Lipinski definition) is 0. The summed E-state index contributed by atoms with van der Waals surface area (Å²) in [5.74, 6) is 1.43. The van der Waals surface area contributed by atoms with Gasteiger partial charge in [-0.25, -0.2) is 4.79 Å². The van der Waals surface area contributed by atoms with Gasteiger partial charge in [0.2, 0.25) is 0 Å². The number of Topliss-reactive ketones (excluding diaryl/α,β-unsaturated/α-hetero) is 1. The third kappa shape index (κ3) is 4.52. The highest BCUT2D eigenvalue weighted by Crippen LogP contribution is 2.45. The second-order valence-electron chi connectivity index (χ2n) is 11.6. The number of hydrogen-bond acceptors (Lipinski definition) is 4. The molecular weight excluding hydrogens is 486 g/mol. The molecule has 2 fully saturated rings. The largest absolute Gasteiger partial charge is 0.493 e. The molecule has 200 valence electrons. The van der Waals surface area contributed by atoms with Crippen molar-refractivity contribution < 1.29 is 19.1 Å². The van der Waals surface area contributed by atoms with Crippen LogP contribution in [0.1, 0.15) is 66.7 Å². The minimum Gasteiger partial charge on any atom is -0.493 e. The summed E-state index contributed by atoms with van der Waals surface area (Å²) in [5.41, 5.74) is 7.39. The van der Waals surface area contributed by atoms with E-state index >= 15 is 0 Å². The van der Waals surface area contributed by atoms with E-state index in [4.69, 9.17) is 9.47 Å². The Bertz CT molecular complexity index is 1350. The van der Waals surface area contributed by atoms with Crippen LogP contribution in [0, 0.1) is 5.92 Å². The third-order valence-electron chi connectivity index (χ3n) is 9.39. The molecule has 7 rings (SSSR count). The van der Waals surface area contributed by atoms with E-state index in [-0.39, 0.29) is 30.0 Å². The average molecular weight is 522 g/mol. The van der Waals surface area contributed by atoms with Crippen LogP contribution in [0.25, 0.3) is 11.1 Å². The first kappa shape index (κ1) is 24.4. The van der Waals surface area contributed by atoms with Gasteiger partial charge in [-0.15, -0.1) is 0 Å². The summed E-state index contributed by atoms with van der Waals surface area (Å²) < 4.78 is 11.7. The lowest BCUT2D eigenvalue weighted by atomic mass is 9.76. The summed E-state index contributed by atoms with van der Waals surface area (Å²) in [6, 6.07) is 23.4. The number of carbonyl (C=O) groups excluding carboxylic acids is 2. The van der Waals surface area contributed by atoms with Crippen LogP contribution in [0.15, 0.2) is 66.7 Å². The Morgan fingerprint density at radius 3 is 2.31 bits per heavy atom. The van der Waals surface area contributed by atoms with Gasteiger partial charge in [-0.2, -0.15) is 0 Å². The van der Waals surface area contributed by atoms with E-state index in [1.165, 1.54) is 33.4 Å². The normalized spacial score (nSPS) is 23.0. The van der Waals surface area contributed by atoms with E-state index in [9.17, 15) is 9.59 Å². The first-order valence-corrected chi connectivity index (χ1v) is 14.6. The molecule has 3 aromatic carbocycles. The number of nitrogens with zero attached hydrogens (tertiary/aromatic N) is 1. The van der Waals surface area contributed by atoms with Crippen LogP contribution in [0.4, 0.5) is 4.79 Å². The molecule has 39 heavy (non-hydrogen) atoms. The molecule has 0 saturated carbocycles. The first-order chi connectivity index (χ1) is 19.2. The van der Waals surface area contributed by atoms with E-state index in [0.29, 0.717) is 18.8 Å². The summed E-state index contributed by atoms with van der Waals surface area (Å²) in [6.45, 7) is 1.10. The fraction of sp³-hybridized carbons (Fsp3) is 0.412. The van der Waals surface area contributed by atoms with Gasteiger partial charge in [0, 0.05) is 36.8 Å². The van der Waals surface area contributed by atoms with Gasteiger partial charge in [-0.3, -0.25) is 4.79 Å². The number of amides is 1. The van der Waals surface area contributed by atoms with Crippen molar-refractivity contribution in [1.82, 2.24) is 4.90 Å². The lowest BCUT2D eigenvalue weighted by Gasteiger charge is -2.47. The van der Waals surface area contributed by atoms with Crippen molar-refractivity contribution in [2.24, 2.45) is 5.92 Å². The van der Waals surface area contributed by atoms with Gasteiger partial charge >= 0.3 is 6.09 Å².